The van der Waals surface area contributed by atoms with Crippen LogP contribution in [0.15, 0.2) is 23.8 Å². The van der Waals surface area contributed by atoms with E-state index in [-0.39, 0.29) is 0 Å². The Kier molecular flexibility index (Phi) is 3.68. The van der Waals surface area contributed by atoms with E-state index >= 15 is 0 Å². The largest absolute Gasteiger partial charge is 0.313 e. The maximum Gasteiger partial charge on any atom is 0.0479 e. The van der Waals surface area contributed by atoms with Crippen molar-refractivity contribution in [2.45, 2.75) is 12.8 Å². The summed E-state index contributed by atoms with van der Waals surface area (Å²) in [4.78, 5) is 0. The highest BCUT2D eigenvalue weighted by molar-refractivity contribution is 6.34. The summed E-state index contributed by atoms with van der Waals surface area (Å²) in [6.07, 6.45) is 4.49. The van der Waals surface area contributed by atoms with Gasteiger partial charge >= 0.3 is 0 Å². The van der Waals surface area contributed by atoms with Crippen LogP contribution in [-0.2, 0) is 0 Å². The fraction of sp³-hybridized carbons (Fsp3) is 0.333. The van der Waals surface area contributed by atoms with Crippen molar-refractivity contribution in [1.29, 1.82) is 0 Å². The highest BCUT2D eigenvalue weighted by atomic mass is 35.5. The summed E-state index contributed by atoms with van der Waals surface area (Å²) in [5, 5.41) is 4.84. The lowest BCUT2D eigenvalue weighted by Gasteiger charge is -2.15. The molecule has 0 spiro atoms. The predicted molar refractivity (Wildman–Crippen MR) is 66.5 cm³/mol. The summed E-state index contributed by atoms with van der Waals surface area (Å²) >= 11 is 12.0. The molecule has 0 aliphatic carbocycles. The first-order chi connectivity index (χ1) is 7.25. The van der Waals surface area contributed by atoms with Gasteiger partial charge in [0.05, 0.1) is 0 Å². The molecule has 0 aromatic heterocycles. The van der Waals surface area contributed by atoms with E-state index in [1.54, 1.807) is 0 Å². The molecule has 0 atom stereocenters. The molecule has 1 aliphatic rings. The van der Waals surface area contributed by atoms with Crippen LogP contribution >= 0.6 is 23.2 Å². The Morgan fingerprint density at radius 1 is 1.27 bits per heavy atom. The van der Waals surface area contributed by atoms with Crippen molar-refractivity contribution in [2.75, 3.05) is 13.1 Å². The van der Waals surface area contributed by atoms with Gasteiger partial charge in [0.1, 0.15) is 0 Å². The van der Waals surface area contributed by atoms with Gasteiger partial charge in [-0.1, -0.05) is 34.9 Å². The van der Waals surface area contributed by atoms with E-state index in [1.807, 2.05) is 18.2 Å². The van der Waals surface area contributed by atoms with Gasteiger partial charge < -0.3 is 5.32 Å². The molecule has 1 aromatic rings. The zero-order valence-corrected chi connectivity index (χ0v) is 9.91. The van der Waals surface area contributed by atoms with Gasteiger partial charge in [-0.3, -0.25) is 0 Å². The molecule has 3 heteroatoms. The average molecular weight is 242 g/mol. The second-order valence-corrected chi connectivity index (χ2v) is 4.59. The van der Waals surface area contributed by atoms with Crippen molar-refractivity contribution >= 4 is 29.3 Å². The lowest BCUT2D eigenvalue weighted by molar-refractivity contribution is 0.613. The molecule has 1 saturated heterocycles. The minimum absolute atomic E-state index is 0.731. The third-order valence-electron chi connectivity index (χ3n) is 2.52. The van der Waals surface area contributed by atoms with E-state index in [0.717, 1.165) is 35.1 Å². The molecule has 0 bridgehead atoms. The number of halogens is 2. The number of nitrogens with one attached hydrogen (secondary N) is 1. The molecule has 0 amide bonds. The van der Waals surface area contributed by atoms with Gasteiger partial charge in [-0.25, -0.2) is 0 Å². The van der Waals surface area contributed by atoms with Crippen LogP contribution in [0.2, 0.25) is 10.0 Å². The van der Waals surface area contributed by atoms with Crippen LogP contribution < -0.4 is 5.32 Å². The fourth-order valence-corrected chi connectivity index (χ4v) is 2.10. The maximum absolute atomic E-state index is 6.09. The predicted octanol–water partition coefficient (Wildman–Crippen LogP) is 3.76. The Bertz CT molecular complexity index is 377. The number of benzene rings is 1. The third-order valence-corrected chi connectivity index (χ3v) is 3.10. The summed E-state index contributed by atoms with van der Waals surface area (Å²) in [6.45, 7) is 2.07. The van der Waals surface area contributed by atoms with Crippen LogP contribution in [0.1, 0.15) is 18.4 Å². The molecule has 1 N–H and O–H groups in total. The number of piperidine rings is 1. The molecule has 1 fully saturated rings. The molecular weight excluding hydrogens is 229 g/mol. The molecule has 80 valence electrons. The lowest BCUT2D eigenvalue weighted by atomic mass is 10.0. The van der Waals surface area contributed by atoms with Crippen LogP contribution in [0.3, 0.4) is 0 Å². The Labute approximate surface area is 100 Å². The van der Waals surface area contributed by atoms with Crippen molar-refractivity contribution in [2.24, 2.45) is 0 Å². The van der Waals surface area contributed by atoms with E-state index < -0.39 is 0 Å². The van der Waals surface area contributed by atoms with E-state index in [9.17, 15) is 0 Å². The van der Waals surface area contributed by atoms with Crippen LogP contribution in [-0.4, -0.2) is 13.1 Å². The van der Waals surface area contributed by atoms with E-state index in [2.05, 4.69) is 11.4 Å². The molecule has 15 heavy (non-hydrogen) atoms. The monoisotopic (exact) mass is 241 g/mol. The van der Waals surface area contributed by atoms with Gasteiger partial charge in [0.2, 0.25) is 0 Å². The van der Waals surface area contributed by atoms with Gasteiger partial charge in [-0.05, 0) is 43.1 Å². The van der Waals surface area contributed by atoms with Gasteiger partial charge in [0.15, 0.2) is 0 Å². The first-order valence-corrected chi connectivity index (χ1v) is 5.86. The van der Waals surface area contributed by atoms with Crippen molar-refractivity contribution in [3.63, 3.8) is 0 Å². The smallest absolute Gasteiger partial charge is 0.0479 e. The molecular formula is C12H13Cl2N. The Balaban J connectivity index is 2.25. The van der Waals surface area contributed by atoms with E-state index in [0.29, 0.717) is 0 Å². The lowest BCUT2D eigenvalue weighted by Crippen LogP contribution is -2.23. The van der Waals surface area contributed by atoms with Gasteiger partial charge in [-0.15, -0.1) is 0 Å². The maximum atomic E-state index is 6.09. The SMILES string of the molecule is Clc1ccc(Cl)c(C=C2CCCNC2)c1. The second kappa shape index (κ2) is 5.02. The summed E-state index contributed by atoms with van der Waals surface area (Å²) in [5.41, 5.74) is 2.41. The third kappa shape index (κ3) is 2.97. The number of hydrogen-bond donors (Lipinski definition) is 1. The molecule has 1 heterocycles. The van der Waals surface area contributed by atoms with Crippen molar-refractivity contribution in [3.05, 3.63) is 39.4 Å². The van der Waals surface area contributed by atoms with Gasteiger partial charge in [-0.2, -0.15) is 0 Å². The van der Waals surface area contributed by atoms with Crippen molar-refractivity contribution in [3.8, 4) is 0 Å². The summed E-state index contributed by atoms with van der Waals surface area (Å²) in [5.74, 6) is 0. The molecule has 1 aliphatic heterocycles. The van der Waals surface area contributed by atoms with E-state index in [4.69, 9.17) is 23.2 Å². The first kappa shape index (κ1) is 11.0. The summed E-state index contributed by atoms with van der Waals surface area (Å²) in [6, 6.07) is 5.56. The Hall–Kier alpha value is -0.500. The molecule has 1 nitrogen and oxygen atoms in total. The number of rotatable bonds is 1. The fourth-order valence-electron chi connectivity index (χ4n) is 1.75. The highest BCUT2D eigenvalue weighted by Gasteiger charge is 2.05. The van der Waals surface area contributed by atoms with Crippen LogP contribution in [0.25, 0.3) is 6.08 Å². The molecule has 0 saturated carbocycles. The first-order valence-electron chi connectivity index (χ1n) is 5.11. The molecule has 0 radical (unpaired) electrons. The van der Waals surface area contributed by atoms with Crippen LogP contribution in [0, 0.1) is 0 Å². The average Bonchev–Trinajstić information content (AvgIpc) is 2.25. The zero-order chi connectivity index (χ0) is 10.7. The minimum atomic E-state index is 0.731. The Morgan fingerprint density at radius 2 is 2.13 bits per heavy atom. The van der Waals surface area contributed by atoms with Crippen LogP contribution in [0.4, 0.5) is 0 Å². The minimum Gasteiger partial charge on any atom is -0.313 e. The van der Waals surface area contributed by atoms with Gasteiger partial charge in [0.25, 0.3) is 0 Å². The normalized spacial score (nSPS) is 19.5. The van der Waals surface area contributed by atoms with E-state index in [1.165, 1.54) is 12.0 Å². The van der Waals surface area contributed by atoms with Crippen LogP contribution in [0.5, 0.6) is 0 Å². The topological polar surface area (TPSA) is 12.0 Å². The quantitative estimate of drug-likeness (QED) is 0.790. The molecule has 1 aromatic carbocycles. The second-order valence-electron chi connectivity index (χ2n) is 3.75. The summed E-state index contributed by atoms with van der Waals surface area (Å²) < 4.78 is 0. The highest BCUT2D eigenvalue weighted by Crippen LogP contribution is 2.24. The zero-order valence-electron chi connectivity index (χ0n) is 8.39. The van der Waals surface area contributed by atoms with Crippen molar-refractivity contribution in [1.82, 2.24) is 5.32 Å². The van der Waals surface area contributed by atoms with Crippen molar-refractivity contribution < 1.29 is 0 Å². The Morgan fingerprint density at radius 3 is 2.87 bits per heavy atom. The molecule has 0 unspecified atom stereocenters. The number of hydrogen-bond acceptors (Lipinski definition) is 1. The summed E-state index contributed by atoms with van der Waals surface area (Å²) in [7, 11) is 0. The van der Waals surface area contributed by atoms with Gasteiger partial charge in [0, 0.05) is 16.6 Å². The molecule has 2 rings (SSSR count). The standard InChI is InChI=1S/C12H13Cl2N/c13-11-3-4-12(14)10(7-11)6-9-2-1-5-15-8-9/h3-4,6-7,15H,1-2,5,8H2.